The minimum atomic E-state index is -0.695. The van der Waals surface area contributed by atoms with Gasteiger partial charge >= 0.3 is 0 Å². The third kappa shape index (κ3) is 2.93. The van der Waals surface area contributed by atoms with Gasteiger partial charge in [-0.25, -0.2) is 4.98 Å². The number of anilines is 1. The topological polar surface area (TPSA) is 131 Å². The van der Waals surface area contributed by atoms with Gasteiger partial charge < -0.3 is 16.6 Å². The first kappa shape index (κ1) is 18.1. The Balaban J connectivity index is 2.03. The van der Waals surface area contributed by atoms with Gasteiger partial charge in [-0.2, -0.15) is 5.26 Å². The molecule has 2 heterocycles. The van der Waals surface area contributed by atoms with E-state index >= 15 is 0 Å². The Morgan fingerprint density at radius 3 is 2.69 bits per heavy atom. The predicted octanol–water partition coefficient (Wildman–Crippen LogP) is 3.26. The summed E-state index contributed by atoms with van der Waals surface area (Å²) in [6.45, 7) is 1.87. The molecule has 0 spiro atoms. The highest BCUT2D eigenvalue weighted by Crippen LogP contribution is 2.34. The van der Waals surface area contributed by atoms with Crippen LogP contribution in [0.5, 0.6) is 5.75 Å². The van der Waals surface area contributed by atoms with Crippen molar-refractivity contribution in [3.8, 4) is 28.8 Å². The zero-order valence-corrected chi connectivity index (χ0v) is 15.5. The van der Waals surface area contributed by atoms with Crippen LogP contribution >= 0.6 is 0 Å². The minimum Gasteiger partial charge on any atom is -0.508 e. The van der Waals surface area contributed by atoms with Gasteiger partial charge in [-0.3, -0.25) is 9.36 Å². The van der Waals surface area contributed by atoms with Crippen molar-refractivity contribution in [3.63, 3.8) is 0 Å². The number of hydrogen-bond acceptors (Lipinski definition) is 5. The Labute approximate surface area is 166 Å². The Kier molecular flexibility index (Phi) is 4.17. The lowest BCUT2D eigenvalue weighted by Gasteiger charge is -2.12. The van der Waals surface area contributed by atoms with Gasteiger partial charge in [0.05, 0.1) is 28.5 Å². The number of amides is 1. The first-order chi connectivity index (χ1) is 13.9. The summed E-state index contributed by atoms with van der Waals surface area (Å²) in [4.78, 5) is 16.8. The van der Waals surface area contributed by atoms with Gasteiger partial charge in [0.25, 0.3) is 5.91 Å². The van der Waals surface area contributed by atoms with Crippen LogP contribution in [0.2, 0.25) is 0 Å². The number of aromatic nitrogens is 2. The monoisotopic (exact) mass is 383 g/mol. The molecule has 142 valence electrons. The molecule has 0 unspecified atom stereocenters. The van der Waals surface area contributed by atoms with Crippen LogP contribution in [0.25, 0.3) is 28.0 Å². The van der Waals surface area contributed by atoms with Gasteiger partial charge in [-0.1, -0.05) is 18.2 Å². The van der Waals surface area contributed by atoms with Gasteiger partial charge in [0.1, 0.15) is 22.6 Å². The van der Waals surface area contributed by atoms with Crippen molar-refractivity contribution in [2.75, 3.05) is 5.73 Å². The molecule has 0 saturated heterocycles. The molecule has 0 aliphatic heterocycles. The number of aromatic hydroxyl groups is 1. The van der Waals surface area contributed by atoms with E-state index in [2.05, 4.69) is 11.1 Å². The third-order valence-electron chi connectivity index (χ3n) is 4.82. The summed E-state index contributed by atoms with van der Waals surface area (Å²) in [5.41, 5.74) is 16.3. The van der Waals surface area contributed by atoms with Gasteiger partial charge in [0.15, 0.2) is 0 Å². The summed E-state index contributed by atoms with van der Waals surface area (Å²) in [7, 11) is 0. The normalized spacial score (nSPS) is 10.8. The lowest BCUT2D eigenvalue weighted by atomic mass is 10.1. The number of hydrogen-bond donors (Lipinski definition) is 3. The maximum Gasteiger partial charge on any atom is 0.254 e. The number of phenolic OH excluding ortho intramolecular Hbond substituents is 1. The average molecular weight is 383 g/mol. The van der Waals surface area contributed by atoms with Crippen molar-refractivity contribution >= 4 is 22.8 Å². The van der Waals surface area contributed by atoms with Crippen LogP contribution in [0.1, 0.15) is 21.5 Å². The summed E-state index contributed by atoms with van der Waals surface area (Å²) in [5.74, 6) is -0.471. The third-order valence-corrected chi connectivity index (χ3v) is 4.82. The van der Waals surface area contributed by atoms with E-state index in [9.17, 15) is 9.90 Å². The van der Waals surface area contributed by atoms with Crippen molar-refractivity contribution in [2.45, 2.75) is 6.92 Å². The highest BCUT2D eigenvalue weighted by atomic mass is 16.3. The maximum absolute atomic E-state index is 12.2. The van der Waals surface area contributed by atoms with Crippen LogP contribution in [0.15, 0.2) is 54.6 Å². The second-order valence-corrected chi connectivity index (χ2v) is 6.69. The van der Waals surface area contributed by atoms with E-state index < -0.39 is 5.91 Å². The fraction of sp³-hybridized carbons (Fsp3) is 0.0455. The largest absolute Gasteiger partial charge is 0.508 e. The molecule has 0 bridgehead atoms. The van der Waals surface area contributed by atoms with Crippen LogP contribution in [0, 0.1) is 18.3 Å². The van der Waals surface area contributed by atoms with Crippen LogP contribution in [0.3, 0.4) is 0 Å². The lowest BCUT2D eigenvalue weighted by molar-refractivity contribution is 0.100. The number of nitriles is 1. The van der Waals surface area contributed by atoms with Crippen LogP contribution in [-0.4, -0.2) is 20.6 Å². The van der Waals surface area contributed by atoms with Crippen LogP contribution in [0.4, 0.5) is 5.82 Å². The average Bonchev–Trinajstić information content (AvgIpc) is 3.00. The quantitative estimate of drug-likeness (QED) is 0.500. The highest BCUT2D eigenvalue weighted by molar-refractivity contribution is 6.10. The Hall–Kier alpha value is -4.31. The van der Waals surface area contributed by atoms with Crippen molar-refractivity contribution in [1.82, 2.24) is 9.55 Å². The van der Waals surface area contributed by atoms with E-state index in [0.717, 1.165) is 11.1 Å². The summed E-state index contributed by atoms with van der Waals surface area (Å²) in [6.07, 6.45) is 0. The summed E-state index contributed by atoms with van der Waals surface area (Å²) < 4.78 is 1.66. The maximum atomic E-state index is 12.2. The van der Waals surface area contributed by atoms with Gasteiger partial charge in [-0.05, 0) is 42.8 Å². The summed E-state index contributed by atoms with van der Waals surface area (Å²) in [6, 6.07) is 17.6. The molecular weight excluding hydrogens is 366 g/mol. The standard InChI is InChI=1S/C22H17N5O2/c1-12-5-6-15(28)10-18(12)27-17-8-7-16(14-4-2-3-13(9-14)11-23)26-20(17)19(21(27)24)22(25)29/h2-10,28H,24H2,1H3,(H2,25,29). The number of nitrogen functional groups attached to an aromatic ring is 1. The molecule has 29 heavy (non-hydrogen) atoms. The molecule has 5 N–H and O–H groups in total. The summed E-state index contributed by atoms with van der Waals surface area (Å²) >= 11 is 0. The fourth-order valence-electron chi connectivity index (χ4n) is 3.43. The number of pyridine rings is 1. The fourth-order valence-corrected chi connectivity index (χ4v) is 3.43. The van der Waals surface area contributed by atoms with E-state index in [1.807, 2.05) is 13.0 Å². The number of phenols is 1. The Morgan fingerprint density at radius 1 is 1.17 bits per heavy atom. The molecule has 7 nitrogen and oxygen atoms in total. The van der Waals surface area contributed by atoms with Gasteiger partial charge in [0.2, 0.25) is 0 Å². The summed E-state index contributed by atoms with van der Waals surface area (Å²) in [5, 5.41) is 19.1. The number of nitrogens with zero attached hydrogens (tertiary/aromatic N) is 3. The molecule has 0 saturated carbocycles. The zero-order valence-electron chi connectivity index (χ0n) is 15.5. The van der Waals surface area contributed by atoms with E-state index in [4.69, 9.17) is 16.7 Å². The molecule has 0 aliphatic carbocycles. The molecular formula is C22H17N5O2. The number of nitrogens with two attached hydrogens (primary N) is 2. The van der Waals surface area contributed by atoms with E-state index in [1.54, 1.807) is 53.1 Å². The Morgan fingerprint density at radius 2 is 1.97 bits per heavy atom. The molecule has 7 heteroatoms. The van der Waals surface area contributed by atoms with Crippen molar-refractivity contribution < 1.29 is 9.90 Å². The number of benzene rings is 2. The number of primary amides is 1. The second kappa shape index (κ2) is 6.69. The number of carbonyl (C=O) groups is 1. The first-order valence-corrected chi connectivity index (χ1v) is 8.82. The molecule has 2 aromatic carbocycles. The molecule has 4 aromatic rings. The molecule has 1 amide bonds. The number of aryl methyl sites for hydroxylation is 1. The van der Waals surface area contributed by atoms with E-state index in [0.29, 0.717) is 28.0 Å². The number of fused-ring (bicyclic) bond motifs is 1. The van der Waals surface area contributed by atoms with Crippen LogP contribution in [-0.2, 0) is 0 Å². The SMILES string of the molecule is Cc1ccc(O)cc1-n1c(N)c(C(N)=O)c2nc(-c3cccc(C#N)c3)ccc21. The van der Waals surface area contributed by atoms with E-state index in [1.165, 1.54) is 0 Å². The Bertz CT molecular complexity index is 1330. The number of carbonyl (C=O) groups excluding carboxylic acids is 1. The molecule has 0 aliphatic rings. The molecule has 0 radical (unpaired) electrons. The lowest BCUT2D eigenvalue weighted by Crippen LogP contribution is -2.14. The van der Waals surface area contributed by atoms with Crippen LogP contribution < -0.4 is 11.5 Å². The van der Waals surface area contributed by atoms with Gasteiger partial charge in [0, 0.05) is 11.6 Å². The van der Waals surface area contributed by atoms with Crippen molar-refractivity contribution in [2.24, 2.45) is 5.73 Å². The van der Waals surface area contributed by atoms with Gasteiger partial charge in [-0.15, -0.1) is 0 Å². The van der Waals surface area contributed by atoms with Crippen molar-refractivity contribution in [1.29, 1.82) is 5.26 Å². The number of rotatable bonds is 3. The minimum absolute atomic E-state index is 0.0744. The smallest absolute Gasteiger partial charge is 0.254 e. The van der Waals surface area contributed by atoms with Crippen molar-refractivity contribution in [3.05, 3.63) is 71.3 Å². The first-order valence-electron chi connectivity index (χ1n) is 8.82. The second-order valence-electron chi connectivity index (χ2n) is 6.69. The highest BCUT2D eigenvalue weighted by Gasteiger charge is 2.23. The molecule has 0 atom stereocenters. The molecule has 0 fully saturated rings. The zero-order chi connectivity index (χ0) is 20.7. The molecule has 2 aromatic heterocycles. The van der Waals surface area contributed by atoms with E-state index in [-0.39, 0.29) is 17.1 Å². The molecule has 4 rings (SSSR count). The predicted molar refractivity (Wildman–Crippen MR) is 111 cm³/mol.